The van der Waals surface area contributed by atoms with E-state index in [1.807, 2.05) is 18.3 Å². The molecule has 0 bridgehead atoms. The van der Waals surface area contributed by atoms with Gasteiger partial charge in [0.05, 0.1) is 24.4 Å². The number of methoxy groups -OCH3 is 2. The molecule has 0 atom stereocenters. The van der Waals surface area contributed by atoms with Crippen molar-refractivity contribution in [1.29, 1.82) is 0 Å². The maximum atomic E-state index is 5.34. The third-order valence-corrected chi connectivity index (χ3v) is 3.76. The van der Waals surface area contributed by atoms with Crippen LogP contribution in [-0.2, 0) is 0 Å². The second-order valence-electron chi connectivity index (χ2n) is 4.79. The quantitative estimate of drug-likeness (QED) is 0.741. The number of halogens is 1. The fourth-order valence-electron chi connectivity index (χ4n) is 2.02. The first-order valence-electron chi connectivity index (χ1n) is 6.58. The summed E-state index contributed by atoms with van der Waals surface area (Å²) in [5.74, 6) is 1.36. The van der Waals surface area contributed by atoms with Crippen LogP contribution in [0.3, 0.4) is 0 Å². The van der Waals surface area contributed by atoms with Gasteiger partial charge in [-0.1, -0.05) is 12.1 Å². The molecular formula is C17H18BrNO2. The van der Waals surface area contributed by atoms with Crippen molar-refractivity contribution in [2.24, 2.45) is 4.99 Å². The molecule has 0 aliphatic heterocycles. The SMILES string of the molecule is COc1cc(C=Nc2cc(C)ccc2C)cc(Br)c1OC. The monoisotopic (exact) mass is 347 g/mol. The number of hydrogen-bond donors (Lipinski definition) is 0. The fourth-order valence-corrected chi connectivity index (χ4v) is 2.64. The highest BCUT2D eigenvalue weighted by atomic mass is 79.9. The van der Waals surface area contributed by atoms with E-state index in [9.17, 15) is 0 Å². The molecule has 0 aliphatic carbocycles. The van der Waals surface area contributed by atoms with E-state index in [0.717, 1.165) is 21.3 Å². The maximum absolute atomic E-state index is 5.34. The molecule has 2 aromatic rings. The van der Waals surface area contributed by atoms with Crippen LogP contribution in [-0.4, -0.2) is 20.4 Å². The van der Waals surface area contributed by atoms with Gasteiger partial charge in [0, 0.05) is 6.21 Å². The van der Waals surface area contributed by atoms with Crippen LogP contribution < -0.4 is 9.47 Å². The van der Waals surface area contributed by atoms with Gasteiger partial charge in [0.1, 0.15) is 0 Å². The molecule has 4 heteroatoms. The Bertz CT molecular complexity index is 681. The number of ether oxygens (including phenoxy) is 2. The van der Waals surface area contributed by atoms with Gasteiger partial charge < -0.3 is 9.47 Å². The minimum Gasteiger partial charge on any atom is -0.493 e. The van der Waals surface area contributed by atoms with Gasteiger partial charge in [-0.15, -0.1) is 0 Å². The Morgan fingerprint density at radius 3 is 2.48 bits per heavy atom. The number of rotatable bonds is 4. The predicted molar refractivity (Wildman–Crippen MR) is 90.4 cm³/mol. The summed E-state index contributed by atoms with van der Waals surface area (Å²) in [7, 11) is 3.24. The molecule has 0 saturated heterocycles. The summed E-state index contributed by atoms with van der Waals surface area (Å²) >= 11 is 3.48. The van der Waals surface area contributed by atoms with Crippen LogP contribution >= 0.6 is 15.9 Å². The van der Waals surface area contributed by atoms with Gasteiger partial charge in [-0.3, -0.25) is 4.99 Å². The zero-order valence-electron chi connectivity index (χ0n) is 12.6. The second-order valence-corrected chi connectivity index (χ2v) is 5.64. The summed E-state index contributed by atoms with van der Waals surface area (Å²) < 4.78 is 11.5. The predicted octanol–water partition coefficient (Wildman–Crippen LogP) is 4.83. The van der Waals surface area contributed by atoms with Crippen LogP contribution in [0.2, 0.25) is 0 Å². The van der Waals surface area contributed by atoms with Crippen molar-refractivity contribution in [3.05, 3.63) is 51.5 Å². The third kappa shape index (κ3) is 3.64. The molecule has 0 aromatic heterocycles. The zero-order valence-corrected chi connectivity index (χ0v) is 14.2. The Hall–Kier alpha value is -1.81. The highest BCUT2D eigenvalue weighted by Crippen LogP contribution is 2.36. The molecule has 0 heterocycles. The number of nitrogens with zero attached hydrogens (tertiary/aromatic N) is 1. The Balaban J connectivity index is 2.37. The Morgan fingerprint density at radius 2 is 1.81 bits per heavy atom. The highest BCUT2D eigenvalue weighted by Gasteiger charge is 2.09. The average molecular weight is 348 g/mol. The van der Waals surface area contributed by atoms with E-state index < -0.39 is 0 Å². The van der Waals surface area contributed by atoms with Gasteiger partial charge in [-0.2, -0.15) is 0 Å². The minimum atomic E-state index is 0.675. The van der Waals surface area contributed by atoms with Crippen molar-refractivity contribution >= 4 is 27.8 Å². The molecule has 0 aliphatic rings. The van der Waals surface area contributed by atoms with Crippen molar-refractivity contribution < 1.29 is 9.47 Å². The maximum Gasteiger partial charge on any atom is 0.174 e. The molecular weight excluding hydrogens is 330 g/mol. The van der Waals surface area contributed by atoms with Crippen molar-refractivity contribution in [2.45, 2.75) is 13.8 Å². The lowest BCUT2D eigenvalue weighted by molar-refractivity contribution is 0.353. The van der Waals surface area contributed by atoms with Crippen molar-refractivity contribution in [3.8, 4) is 11.5 Å². The first-order chi connectivity index (χ1) is 10.0. The standard InChI is InChI=1S/C17H18BrNO2/c1-11-5-6-12(2)15(7-11)19-10-13-8-14(18)17(21-4)16(9-13)20-3/h5-10H,1-4H3. The van der Waals surface area contributed by atoms with Gasteiger partial charge in [-0.25, -0.2) is 0 Å². The molecule has 2 rings (SSSR count). The van der Waals surface area contributed by atoms with E-state index in [4.69, 9.17) is 9.47 Å². The van der Waals surface area contributed by atoms with E-state index in [-0.39, 0.29) is 0 Å². The van der Waals surface area contributed by atoms with Gasteiger partial charge >= 0.3 is 0 Å². The lowest BCUT2D eigenvalue weighted by Crippen LogP contribution is -1.93. The summed E-state index contributed by atoms with van der Waals surface area (Å²) in [4.78, 5) is 4.57. The first kappa shape index (κ1) is 15.6. The molecule has 0 N–H and O–H groups in total. The van der Waals surface area contributed by atoms with Gasteiger partial charge in [0.2, 0.25) is 0 Å². The molecule has 0 fully saturated rings. The van der Waals surface area contributed by atoms with Crippen molar-refractivity contribution in [1.82, 2.24) is 0 Å². The minimum absolute atomic E-state index is 0.675. The molecule has 0 unspecified atom stereocenters. The Morgan fingerprint density at radius 1 is 1.05 bits per heavy atom. The van der Waals surface area contributed by atoms with E-state index in [1.165, 1.54) is 5.56 Å². The molecule has 2 aromatic carbocycles. The van der Waals surface area contributed by atoms with Gasteiger partial charge in [-0.05, 0) is 64.7 Å². The van der Waals surface area contributed by atoms with Gasteiger partial charge in [0.15, 0.2) is 11.5 Å². The van der Waals surface area contributed by atoms with Crippen LogP contribution in [0.25, 0.3) is 0 Å². The van der Waals surface area contributed by atoms with Crippen LogP contribution in [0.1, 0.15) is 16.7 Å². The Labute approximate surface area is 133 Å². The normalized spacial score (nSPS) is 10.9. The lowest BCUT2D eigenvalue weighted by atomic mass is 10.1. The molecule has 3 nitrogen and oxygen atoms in total. The molecule has 0 radical (unpaired) electrons. The van der Waals surface area contributed by atoms with E-state index in [1.54, 1.807) is 14.2 Å². The van der Waals surface area contributed by atoms with Crippen LogP contribution in [0.4, 0.5) is 5.69 Å². The summed E-state index contributed by atoms with van der Waals surface area (Å²) in [6.07, 6.45) is 1.83. The topological polar surface area (TPSA) is 30.8 Å². The van der Waals surface area contributed by atoms with E-state index in [0.29, 0.717) is 11.5 Å². The van der Waals surface area contributed by atoms with Crippen LogP contribution in [0, 0.1) is 13.8 Å². The molecule has 0 spiro atoms. The fraction of sp³-hybridized carbons (Fsp3) is 0.235. The summed E-state index contributed by atoms with van der Waals surface area (Å²) in [5, 5.41) is 0. The summed E-state index contributed by atoms with van der Waals surface area (Å²) in [6, 6.07) is 10.1. The number of benzene rings is 2. The molecule has 110 valence electrons. The second kappa shape index (κ2) is 6.76. The van der Waals surface area contributed by atoms with Gasteiger partial charge in [0.25, 0.3) is 0 Å². The van der Waals surface area contributed by atoms with Crippen LogP contribution in [0.15, 0.2) is 39.8 Å². The zero-order chi connectivity index (χ0) is 15.4. The lowest BCUT2D eigenvalue weighted by Gasteiger charge is -2.10. The average Bonchev–Trinajstić information content (AvgIpc) is 2.47. The van der Waals surface area contributed by atoms with E-state index in [2.05, 4.69) is 53.0 Å². The molecule has 21 heavy (non-hydrogen) atoms. The number of hydrogen-bond acceptors (Lipinski definition) is 3. The number of aliphatic imine (C=N–C) groups is 1. The summed E-state index contributed by atoms with van der Waals surface area (Å²) in [5.41, 5.74) is 4.26. The smallest absolute Gasteiger partial charge is 0.174 e. The molecule has 0 amide bonds. The van der Waals surface area contributed by atoms with E-state index >= 15 is 0 Å². The Kier molecular flexibility index (Phi) is 5.02. The largest absolute Gasteiger partial charge is 0.493 e. The highest BCUT2D eigenvalue weighted by molar-refractivity contribution is 9.10. The third-order valence-electron chi connectivity index (χ3n) is 3.17. The molecule has 0 saturated carbocycles. The van der Waals surface area contributed by atoms with Crippen LogP contribution in [0.5, 0.6) is 11.5 Å². The number of aryl methyl sites for hydroxylation is 2. The van der Waals surface area contributed by atoms with Crippen molar-refractivity contribution in [2.75, 3.05) is 14.2 Å². The summed E-state index contributed by atoms with van der Waals surface area (Å²) in [6.45, 7) is 4.11. The van der Waals surface area contributed by atoms with Crippen molar-refractivity contribution in [3.63, 3.8) is 0 Å². The first-order valence-corrected chi connectivity index (χ1v) is 7.37.